The molecule has 0 aliphatic heterocycles. The van der Waals surface area contributed by atoms with Gasteiger partial charge in [-0.25, -0.2) is 8.42 Å². The van der Waals surface area contributed by atoms with Crippen LogP contribution in [0.2, 0.25) is 0 Å². The Bertz CT molecular complexity index is 3660. The highest BCUT2D eigenvalue weighted by Crippen LogP contribution is 2.56. The number of sulfone groups is 1. The molecule has 0 radical (unpaired) electrons. The zero-order chi connectivity index (χ0) is 58.3. The van der Waals surface area contributed by atoms with E-state index in [0.29, 0.717) is 5.92 Å². The quantitative estimate of drug-likeness (QED) is 0.152. The van der Waals surface area contributed by atoms with E-state index in [1.54, 1.807) is 24.3 Å². The van der Waals surface area contributed by atoms with Crippen LogP contribution in [0, 0.1) is 69.2 Å². The first-order chi connectivity index (χ1) is 38.6. The molecule has 0 aromatic heterocycles. The SMILES string of the molecule is Cc1c(Br)cc(S(=O)(=O)c2cc(Br)c(C)c(Br)c2)cc1Br.Cc1ccc(C(C)c2ccc(C)cc2)cc1.Cc1ccc(C2(c3ccc(C)c(C)c3)c3ccccc3-c3ccccc32)cc1C.Cc1ccc(Cc2ccc(C)cc2)cc1. The third kappa shape index (κ3) is 13.9. The van der Waals surface area contributed by atoms with E-state index in [1.807, 2.05) is 13.8 Å². The fraction of sp³-hybridized carbons (Fsp3) is 0.189. The van der Waals surface area contributed by atoms with E-state index in [2.05, 4.69) is 308 Å². The molecule has 10 aromatic rings. The smallest absolute Gasteiger partial charge is 0.206 e. The monoisotopic (exact) mass is 1340 g/mol. The summed E-state index contributed by atoms with van der Waals surface area (Å²) in [5.74, 6) is 0.473. The Kier molecular flexibility index (Phi) is 20.0. The minimum absolute atomic E-state index is 0.245. The van der Waals surface area contributed by atoms with Crippen LogP contribution in [0.1, 0.15) is 113 Å². The van der Waals surface area contributed by atoms with Crippen molar-refractivity contribution in [2.45, 2.75) is 104 Å². The third-order valence-corrected chi connectivity index (χ3v) is 20.8. The fourth-order valence-corrected chi connectivity index (χ4v) is 14.6. The second kappa shape index (κ2) is 26.5. The van der Waals surface area contributed by atoms with E-state index in [4.69, 9.17) is 0 Å². The molecule has 81 heavy (non-hydrogen) atoms. The molecule has 2 nitrogen and oxygen atoms in total. The normalized spacial score (nSPS) is 12.0. The van der Waals surface area contributed by atoms with Gasteiger partial charge in [-0.3, -0.25) is 0 Å². The van der Waals surface area contributed by atoms with Crippen LogP contribution < -0.4 is 0 Å². The number of aryl methyl sites for hydroxylation is 8. The summed E-state index contributed by atoms with van der Waals surface area (Å²) in [6.07, 6.45) is 1.03. The van der Waals surface area contributed by atoms with Crippen molar-refractivity contribution in [2.24, 2.45) is 0 Å². The Hall–Kier alpha value is -5.93. The Balaban J connectivity index is 0.000000147. The second-order valence-electron chi connectivity index (χ2n) is 21.7. The summed E-state index contributed by atoms with van der Waals surface area (Å²) < 4.78 is 28.6. The number of benzene rings is 10. The van der Waals surface area contributed by atoms with E-state index in [-0.39, 0.29) is 15.2 Å². The van der Waals surface area contributed by atoms with Crippen LogP contribution in [-0.4, -0.2) is 8.42 Å². The molecule has 0 spiro atoms. The Morgan fingerprint density at radius 2 is 0.679 bits per heavy atom. The van der Waals surface area contributed by atoms with Crippen molar-refractivity contribution in [1.82, 2.24) is 0 Å². The lowest BCUT2D eigenvalue weighted by Crippen LogP contribution is -2.29. The second-order valence-corrected chi connectivity index (χ2v) is 27.0. The molecular formula is C74H70Br4O2S. The van der Waals surface area contributed by atoms with E-state index in [0.717, 1.165) is 35.4 Å². The van der Waals surface area contributed by atoms with Gasteiger partial charge in [0.25, 0.3) is 0 Å². The van der Waals surface area contributed by atoms with Crippen LogP contribution in [0.15, 0.2) is 234 Å². The minimum Gasteiger partial charge on any atom is -0.219 e. The van der Waals surface area contributed by atoms with Crippen molar-refractivity contribution < 1.29 is 8.42 Å². The standard InChI is InChI=1S/C29H26.C16H18.C15H16.C14H10Br4O2S/c1-19-13-15-23(17-21(19)3)29(24-16-14-20(2)22(4)18-24)27-11-7-5-9-25(27)26-10-6-8-12-28(26)29;1-12-4-8-15(9-5-12)14(3)16-10-6-13(2)7-11-16;1-12-3-7-14(8-4-12)11-15-9-5-13(2)6-10-15;1-7-11(15)3-9(4-12(7)16)21(19,20)10-5-13(17)8(2)14(18)6-10/h5-18H,1-4H3;4-11,14H,1-3H3;3-10H,11H2,1-2H3;3-6H,1-2H3. The molecular weight excluding hydrogens is 1270 g/mol. The molecule has 0 bridgehead atoms. The summed E-state index contributed by atoms with van der Waals surface area (Å²) in [5.41, 5.74) is 25.9. The molecule has 0 heterocycles. The van der Waals surface area contributed by atoms with Gasteiger partial charge in [-0.15, -0.1) is 0 Å². The predicted octanol–water partition coefficient (Wildman–Crippen LogP) is 21.8. The minimum atomic E-state index is -3.58. The van der Waals surface area contributed by atoms with Crippen LogP contribution in [-0.2, 0) is 21.7 Å². The molecule has 0 atom stereocenters. The lowest BCUT2D eigenvalue weighted by Gasteiger charge is -2.34. The lowest BCUT2D eigenvalue weighted by atomic mass is 9.67. The van der Waals surface area contributed by atoms with Gasteiger partial charge in [0.1, 0.15) is 0 Å². The highest BCUT2D eigenvalue weighted by atomic mass is 79.9. The summed E-state index contributed by atoms with van der Waals surface area (Å²) >= 11 is 13.6. The predicted molar refractivity (Wildman–Crippen MR) is 356 cm³/mol. The number of hydrogen-bond donors (Lipinski definition) is 0. The molecule has 11 rings (SSSR count). The highest BCUT2D eigenvalue weighted by molar-refractivity contribution is 9.11. The van der Waals surface area contributed by atoms with E-state index in [9.17, 15) is 8.42 Å². The van der Waals surface area contributed by atoms with E-state index in [1.165, 1.54) is 100 Å². The Labute approximate surface area is 516 Å². The lowest BCUT2D eigenvalue weighted by molar-refractivity contribution is 0.596. The number of rotatable bonds is 8. The topological polar surface area (TPSA) is 34.1 Å². The average Bonchev–Trinajstić information content (AvgIpc) is 2.70. The van der Waals surface area contributed by atoms with Crippen LogP contribution >= 0.6 is 63.7 Å². The highest BCUT2D eigenvalue weighted by Gasteiger charge is 2.46. The maximum absolute atomic E-state index is 12.8. The molecule has 0 saturated carbocycles. The molecule has 0 saturated heterocycles. The van der Waals surface area contributed by atoms with Gasteiger partial charge < -0.3 is 0 Å². The zero-order valence-electron chi connectivity index (χ0n) is 48.2. The van der Waals surface area contributed by atoms with E-state index < -0.39 is 9.84 Å². The molecule has 10 aromatic carbocycles. The van der Waals surface area contributed by atoms with E-state index >= 15 is 0 Å². The van der Waals surface area contributed by atoms with Crippen LogP contribution in [0.3, 0.4) is 0 Å². The maximum atomic E-state index is 12.8. The summed E-state index contributed by atoms with van der Waals surface area (Å²) in [5, 5.41) is 0. The summed E-state index contributed by atoms with van der Waals surface area (Å²) in [7, 11) is -3.58. The van der Waals surface area contributed by atoms with Crippen molar-refractivity contribution in [3.05, 3.63) is 324 Å². The van der Waals surface area contributed by atoms with Gasteiger partial charge in [0, 0.05) is 23.8 Å². The number of hydrogen-bond acceptors (Lipinski definition) is 2. The van der Waals surface area contributed by atoms with Gasteiger partial charge in [-0.05, 0) is 189 Å². The first-order valence-electron chi connectivity index (χ1n) is 27.3. The first kappa shape index (κ1) is 61.1. The van der Waals surface area contributed by atoms with Gasteiger partial charge in [-0.2, -0.15) is 0 Å². The summed E-state index contributed by atoms with van der Waals surface area (Å²) in [4.78, 5) is 0.490. The van der Waals surface area contributed by atoms with Crippen molar-refractivity contribution in [2.75, 3.05) is 0 Å². The zero-order valence-corrected chi connectivity index (χ0v) is 55.3. The summed E-state index contributed by atoms with van der Waals surface area (Å²) in [6, 6.07) is 73.5. The number of fused-ring (bicyclic) bond motifs is 3. The molecule has 1 aliphatic carbocycles. The Morgan fingerprint density at radius 3 is 1.00 bits per heavy atom. The van der Waals surface area contributed by atoms with Crippen LogP contribution in [0.4, 0.5) is 0 Å². The van der Waals surface area contributed by atoms with Gasteiger partial charge in [0.2, 0.25) is 9.84 Å². The first-order valence-corrected chi connectivity index (χ1v) is 32.0. The largest absolute Gasteiger partial charge is 0.219 e. The maximum Gasteiger partial charge on any atom is 0.206 e. The van der Waals surface area contributed by atoms with Crippen LogP contribution in [0.25, 0.3) is 11.1 Å². The van der Waals surface area contributed by atoms with Crippen molar-refractivity contribution in [3.63, 3.8) is 0 Å². The van der Waals surface area contributed by atoms with Crippen molar-refractivity contribution >= 4 is 73.6 Å². The molecule has 0 fully saturated rings. The molecule has 0 amide bonds. The molecule has 0 unspecified atom stereocenters. The molecule has 412 valence electrons. The average molecular weight is 1340 g/mol. The molecule has 0 N–H and O–H groups in total. The van der Waals surface area contributed by atoms with Crippen molar-refractivity contribution in [3.8, 4) is 11.1 Å². The number of halogens is 4. The van der Waals surface area contributed by atoms with Crippen molar-refractivity contribution in [1.29, 1.82) is 0 Å². The summed E-state index contributed by atoms with van der Waals surface area (Å²) in [6.45, 7) is 23.4. The Morgan fingerprint density at radius 1 is 0.370 bits per heavy atom. The van der Waals surface area contributed by atoms with Gasteiger partial charge in [0.05, 0.1) is 15.2 Å². The fourth-order valence-electron chi connectivity index (χ4n) is 10.2. The van der Waals surface area contributed by atoms with Crippen LogP contribution in [0.5, 0.6) is 0 Å². The molecule has 7 heteroatoms. The van der Waals surface area contributed by atoms with Gasteiger partial charge in [-0.1, -0.05) is 275 Å². The van der Waals surface area contributed by atoms with Gasteiger partial charge in [0.15, 0.2) is 0 Å². The molecule has 1 aliphatic rings. The third-order valence-electron chi connectivity index (χ3n) is 15.8. The van der Waals surface area contributed by atoms with Gasteiger partial charge >= 0.3 is 0 Å².